The minimum absolute atomic E-state index is 0.875. The number of rotatable bonds is 4. The van der Waals surface area contributed by atoms with Crippen LogP contribution in [-0.2, 0) is 7.05 Å². The zero-order valence-corrected chi connectivity index (χ0v) is 25.6. The van der Waals surface area contributed by atoms with Crippen LogP contribution >= 0.6 is 0 Å². The lowest BCUT2D eigenvalue weighted by Gasteiger charge is -2.09. The van der Waals surface area contributed by atoms with Crippen molar-refractivity contribution in [2.24, 2.45) is 7.05 Å². The molecule has 46 heavy (non-hydrogen) atoms. The van der Waals surface area contributed by atoms with Crippen LogP contribution in [0.5, 0.6) is 0 Å². The lowest BCUT2D eigenvalue weighted by Crippen LogP contribution is -2.30. The molecule has 9 aromatic rings. The maximum absolute atomic E-state index is 6.83. The molecule has 4 nitrogen and oxygen atoms in total. The highest BCUT2D eigenvalue weighted by Crippen LogP contribution is 2.40. The van der Waals surface area contributed by atoms with Crippen molar-refractivity contribution in [1.82, 2.24) is 9.55 Å². The molecule has 0 atom stereocenters. The van der Waals surface area contributed by atoms with Crippen molar-refractivity contribution < 1.29 is 8.98 Å². The molecule has 218 valence electrons. The van der Waals surface area contributed by atoms with Gasteiger partial charge in [-0.25, -0.2) is 4.57 Å². The number of pyridine rings is 1. The first-order chi connectivity index (χ1) is 22.7. The largest absolute Gasteiger partial charge is 0.454 e. The predicted molar refractivity (Wildman–Crippen MR) is 188 cm³/mol. The molecule has 0 aliphatic carbocycles. The van der Waals surface area contributed by atoms with Crippen molar-refractivity contribution in [3.63, 3.8) is 0 Å². The third-order valence-corrected chi connectivity index (χ3v) is 9.27. The van der Waals surface area contributed by atoms with Gasteiger partial charge in [-0.3, -0.25) is 4.98 Å². The Morgan fingerprint density at radius 1 is 0.565 bits per heavy atom. The third-order valence-electron chi connectivity index (χ3n) is 9.27. The van der Waals surface area contributed by atoms with Crippen molar-refractivity contribution in [3.8, 4) is 39.3 Å². The van der Waals surface area contributed by atoms with Gasteiger partial charge >= 0.3 is 0 Å². The molecule has 4 heteroatoms. The molecule has 9 rings (SSSR count). The highest BCUT2D eigenvalue weighted by molar-refractivity contribution is 6.16. The topological polar surface area (TPSA) is 34.8 Å². The fraction of sp³-hybridized carbons (Fsp3) is 0.0476. The molecular weight excluding hydrogens is 562 g/mol. The van der Waals surface area contributed by atoms with E-state index in [1.165, 1.54) is 22.3 Å². The molecule has 0 aliphatic heterocycles. The van der Waals surface area contributed by atoms with Crippen LogP contribution in [0.2, 0.25) is 0 Å². The van der Waals surface area contributed by atoms with Gasteiger partial charge in [0.15, 0.2) is 16.6 Å². The van der Waals surface area contributed by atoms with Crippen LogP contribution in [0.15, 0.2) is 150 Å². The molecular formula is C42H30N3O+. The summed E-state index contributed by atoms with van der Waals surface area (Å²) in [4.78, 5) is 4.76. The Bertz CT molecular complexity index is 2570. The number of hydrogen-bond acceptors (Lipinski definition) is 2. The molecule has 0 saturated carbocycles. The molecule has 0 radical (unpaired) electrons. The maximum atomic E-state index is 6.83. The third kappa shape index (κ3) is 4.00. The Balaban J connectivity index is 1.22. The first-order valence-electron chi connectivity index (χ1n) is 15.6. The van der Waals surface area contributed by atoms with E-state index in [4.69, 9.17) is 9.40 Å². The lowest BCUT2D eigenvalue weighted by molar-refractivity contribution is -0.633. The molecule has 0 saturated heterocycles. The number of benzene rings is 6. The molecule has 0 amide bonds. The van der Waals surface area contributed by atoms with E-state index < -0.39 is 0 Å². The number of hydrogen-bond donors (Lipinski definition) is 0. The van der Waals surface area contributed by atoms with Crippen LogP contribution in [0.25, 0.3) is 83.2 Å². The summed E-state index contributed by atoms with van der Waals surface area (Å²) in [5.41, 5.74) is 13.1. The maximum Gasteiger partial charge on any atom is 0.298 e. The summed E-state index contributed by atoms with van der Waals surface area (Å²) in [6.45, 7) is 2.17. The van der Waals surface area contributed by atoms with E-state index in [1.54, 1.807) is 0 Å². The SMILES string of the molecule is Cc1ccc2c(oc3c4ccccc4ncc23)c1-c1n(-c2ccc(-c3ccc(-c4ccccc4)cc3)cc2)c2ccccc2[n+]1C. The fourth-order valence-electron chi connectivity index (χ4n) is 6.94. The monoisotopic (exact) mass is 592 g/mol. The highest BCUT2D eigenvalue weighted by Gasteiger charge is 2.30. The fourth-order valence-corrected chi connectivity index (χ4v) is 6.94. The van der Waals surface area contributed by atoms with Crippen LogP contribution in [-0.4, -0.2) is 9.55 Å². The number of nitrogens with zero attached hydrogens (tertiary/aromatic N) is 3. The van der Waals surface area contributed by atoms with Gasteiger partial charge in [0.2, 0.25) is 0 Å². The Morgan fingerprint density at radius 2 is 1.20 bits per heavy atom. The Morgan fingerprint density at radius 3 is 1.96 bits per heavy atom. The van der Waals surface area contributed by atoms with E-state index in [9.17, 15) is 0 Å². The van der Waals surface area contributed by atoms with Gasteiger partial charge in [-0.2, -0.15) is 4.57 Å². The quantitative estimate of drug-likeness (QED) is 0.191. The van der Waals surface area contributed by atoms with Crippen molar-refractivity contribution >= 4 is 43.9 Å². The van der Waals surface area contributed by atoms with Gasteiger partial charge in [-0.1, -0.05) is 103 Å². The summed E-state index contributed by atoms with van der Waals surface area (Å²) in [6.07, 6.45) is 1.95. The van der Waals surface area contributed by atoms with Crippen molar-refractivity contribution in [1.29, 1.82) is 0 Å². The van der Waals surface area contributed by atoms with Crippen LogP contribution in [0.1, 0.15) is 5.56 Å². The summed E-state index contributed by atoms with van der Waals surface area (Å²) in [7, 11) is 2.15. The van der Waals surface area contributed by atoms with Crippen LogP contribution in [0.3, 0.4) is 0 Å². The van der Waals surface area contributed by atoms with Crippen LogP contribution < -0.4 is 4.57 Å². The Hall–Kier alpha value is -6.00. The second kappa shape index (κ2) is 10.3. The molecule has 3 aromatic heterocycles. The van der Waals surface area contributed by atoms with Crippen LogP contribution in [0, 0.1) is 6.92 Å². The lowest BCUT2D eigenvalue weighted by atomic mass is 10.00. The minimum atomic E-state index is 0.875. The number of aromatic nitrogens is 3. The summed E-state index contributed by atoms with van der Waals surface area (Å²) in [5, 5.41) is 3.12. The van der Waals surface area contributed by atoms with Gasteiger partial charge < -0.3 is 4.42 Å². The van der Waals surface area contributed by atoms with Gasteiger partial charge in [-0.05, 0) is 71.1 Å². The van der Waals surface area contributed by atoms with Gasteiger partial charge in [0.1, 0.15) is 16.8 Å². The molecule has 0 unspecified atom stereocenters. The average Bonchev–Trinajstić information content (AvgIpc) is 3.64. The standard InChI is InChI=1S/C42H30N3O/c1-27-16-25-33-35-26-43-36-13-7-6-12-34(36)40(35)46-41(33)39(27)42-44(2)37-14-8-9-15-38(37)45(42)32-23-21-31(22-24-32)30-19-17-29(18-20-30)28-10-4-3-5-11-28/h3-26H,1-2H3/q+1. The molecule has 6 aromatic carbocycles. The van der Waals surface area contributed by atoms with Crippen molar-refractivity contribution in [2.75, 3.05) is 0 Å². The second-order valence-corrected chi connectivity index (χ2v) is 12.0. The average molecular weight is 593 g/mol. The molecule has 0 N–H and O–H groups in total. The van der Waals surface area contributed by atoms with E-state index in [1.807, 2.05) is 24.4 Å². The molecule has 3 heterocycles. The molecule has 0 aliphatic rings. The second-order valence-electron chi connectivity index (χ2n) is 12.0. The van der Waals surface area contributed by atoms with Gasteiger partial charge in [0.05, 0.1) is 12.6 Å². The smallest absolute Gasteiger partial charge is 0.298 e. The molecule has 0 bridgehead atoms. The highest BCUT2D eigenvalue weighted by atomic mass is 16.3. The summed E-state index contributed by atoms with van der Waals surface area (Å²) in [5.74, 6) is 1.07. The van der Waals surface area contributed by atoms with Gasteiger partial charge in [0.25, 0.3) is 5.82 Å². The normalized spacial score (nSPS) is 11.7. The summed E-state index contributed by atoms with van der Waals surface area (Å²) >= 11 is 0. The first-order valence-corrected chi connectivity index (χ1v) is 15.6. The number of para-hydroxylation sites is 3. The van der Waals surface area contributed by atoms with E-state index in [2.05, 4.69) is 144 Å². The summed E-state index contributed by atoms with van der Waals surface area (Å²) < 4.78 is 11.5. The minimum Gasteiger partial charge on any atom is -0.454 e. The molecule has 0 fully saturated rings. The Labute approximate surface area is 266 Å². The molecule has 0 spiro atoms. The van der Waals surface area contributed by atoms with Crippen molar-refractivity contribution in [2.45, 2.75) is 6.92 Å². The van der Waals surface area contributed by atoms with Gasteiger partial charge in [0, 0.05) is 22.4 Å². The zero-order valence-electron chi connectivity index (χ0n) is 25.6. The van der Waals surface area contributed by atoms with Gasteiger partial charge in [-0.15, -0.1) is 0 Å². The predicted octanol–water partition coefficient (Wildman–Crippen LogP) is 10.2. The van der Waals surface area contributed by atoms with Crippen LogP contribution in [0.4, 0.5) is 0 Å². The van der Waals surface area contributed by atoms with Crippen molar-refractivity contribution in [3.05, 3.63) is 151 Å². The number of furan rings is 1. The number of imidazole rings is 1. The van der Waals surface area contributed by atoms with E-state index >= 15 is 0 Å². The number of aryl methyl sites for hydroxylation is 2. The first kappa shape index (κ1) is 26.4. The zero-order chi connectivity index (χ0) is 30.8. The van der Waals surface area contributed by atoms with E-state index in [0.29, 0.717) is 0 Å². The summed E-state index contributed by atoms with van der Waals surface area (Å²) in [6, 6.07) is 49.4. The Kier molecular flexibility index (Phi) is 5.90. The number of fused-ring (bicyclic) bond motifs is 6. The van der Waals surface area contributed by atoms with E-state index in [0.717, 1.165) is 66.5 Å². The van der Waals surface area contributed by atoms with E-state index in [-0.39, 0.29) is 0 Å².